The topological polar surface area (TPSA) is 160 Å². The van der Waals surface area contributed by atoms with Gasteiger partial charge < -0.3 is 24.0 Å². The zero-order valence-corrected chi connectivity index (χ0v) is 29.1. The van der Waals surface area contributed by atoms with E-state index in [1.165, 1.54) is 45.5 Å². The zero-order chi connectivity index (χ0) is 34.4. The molecule has 1 amide bonds. The number of nitrogens with zero attached hydrogens (tertiary/aromatic N) is 4. The van der Waals surface area contributed by atoms with Crippen molar-refractivity contribution in [2.75, 3.05) is 38.1 Å². The summed E-state index contributed by atoms with van der Waals surface area (Å²) in [5.74, 6) is -0.566. The number of ether oxygens (including phenoxy) is 2. The third-order valence-corrected chi connectivity index (χ3v) is 11.3. The van der Waals surface area contributed by atoms with Gasteiger partial charge in [-0.05, 0) is 63.4 Å². The molecule has 0 unspecified atom stereocenters. The highest BCUT2D eigenvalue weighted by Gasteiger charge is 2.32. The number of sulfonamides is 2. The Hall–Kier alpha value is -3.50. The van der Waals surface area contributed by atoms with Gasteiger partial charge in [0.25, 0.3) is 15.9 Å². The second kappa shape index (κ2) is 15.6. The molecule has 2 N–H and O–H groups in total. The summed E-state index contributed by atoms with van der Waals surface area (Å²) in [6.45, 7) is 5.67. The summed E-state index contributed by atoms with van der Waals surface area (Å²) >= 11 is 0. The molecule has 0 bridgehead atoms. The van der Waals surface area contributed by atoms with E-state index in [0.29, 0.717) is 19.4 Å². The number of aromatic nitrogens is 2. The molecule has 258 valence electrons. The molecule has 3 aromatic rings. The van der Waals surface area contributed by atoms with E-state index in [0.717, 1.165) is 6.42 Å². The number of anilines is 1. The third kappa shape index (κ3) is 9.11. The van der Waals surface area contributed by atoms with Crippen LogP contribution in [0.4, 0.5) is 5.69 Å². The molecule has 2 heterocycles. The molecule has 4 atom stereocenters. The molecule has 13 nitrogen and oxygen atoms in total. The van der Waals surface area contributed by atoms with E-state index in [1.54, 1.807) is 50.4 Å². The van der Waals surface area contributed by atoms with Crippen LogP contribution in [-0.4, -0.2) is 98.2 Å². The lowest BCUT2D eigenvalue weighted by atomic mass is 10.0. The third-order valence-electron chi connectivity index (χ3n) is 8.15. The molecule has 0 spiro atoms. The van der Waals surface area contributed by atoms with Crippen LogP contribution >= 0.6 is 0 Å². The summed E-state index contributed by atoms with van der Waals surface area (Å²) in [5.41, 5.74) is 0.252. The van der Waals surface area contributed by atoms with Gasteiger partial charge in [0.15, 0.2) is 5.03 Å². The van der Waals surface area contributed by atoms with Gasteiger partial charge in [-0.3, -0.25) is 9.52 Å². The van der Waals surface area contributed by atoms with Crippen LogP contribution < -0.4 is 9.46 Å². The smallest absolute Gasteiger partial charge is 0.280 e. The Balaban J connectivity index is 1.68. The number of nitrogens with one attached hydrogen (secondary N) is 1. The van der Waals surface area contributed by atoms with E-state index in [9.17, 15) is 26.7 Å². The van der Waals surface area contributed by atoms with Crippen molar-refractivity contribution in [2.24, 2.45) is 13.0 Å². The highest BCUT2D eigenvalue weighted by Crippen LogP contribution is 2.29. The van der Waals surface area contributed by atoms with Crippen molar-refractivity contribution in [1.29, 1.82) is 0 Å². The van der Waals surface area contributed by atoms with E-state index in [2.05, 4.69) is 9.71 Å². The van der Waals surface area contributed by atoms with Gasteiger partial charge in [-0.1, -0.05) is 25.1 Å². The predicted octanol–water partition coefficient (Wildman–Crippen LogP) is 3.34. The molecule has 0 fully saturated rings. The van der Waals surface area contributed by atoms with Crippen molar-refractivity contribution < 1.29 is 36.2 Å². The number of aryl methyl sites for hydroxylation is 1. The normalized spacial score (nSPS) is 21.0. The average molecular weight is 692 g/mol. The first-order valence-corrected chi connectivity index (χ1v) is 18.5. The maximum atomic E-state index is 14.3. The van der Waals surface area contributed by atoms with Crippen LogP contribution in [0.15, 0.2) is 71.0 Å². The maximum Gasteiger partial charge on any atom is 0.280 e. The zero-order valence-electron chi connectivity index (χ0n) is 27.4. The Morgan fingerprint density at radius 1 is 1.11 bits per heavy atom. The van der Waals surface area contributed by atoms with Gasteiger partial charge in [0.2, 0.25) is 10.0 Å². The highest BCUT2D eigenvalue weighted by atomic mass is 32.2. The van der Waals surface area contributed by atoms with Gasteiger partial charge in [0.1, 0.15) is 5.75 Å². The van der Waals surface area contributed by atoms with Gasteiger partial charge in [-0.25, -0.2) is 13.4 Å². The fraction of sp³-hybridized carbons (Fsp3) is 0.500. The van der Waals surface area contributed by atoms with Crippen LogP contribution in [0.3, 0.4) is 0 Å². The number of rotatable bonds is 9. The van der Waals surface area contributed by atoms with Gasteiger partial charge in [0, 0.05) is 51.6 Å². The molecule has 1 aromatic heterocycles. The number of hydrogen-bond acceptors (Lipinski definition) is 9. The van der Waals surface area contributed by atoms with E-state index in [1.807, 2.05) is 13.8 Å². The molecule has 0 saturated carbocycles. The van der Waals surface area contributed by atoms with Gasteiger partial charge in [-0.15, -0.1) is 0 Å². The minimum absolute atomic E-state index is 0.0451. The van der Waals surface area contributed by atoms with Crippen LogP contribution in [0.5, 0.6) is 5.75 Å². The fourth-order valence-corrected chi connectivity index (χ4v) is 7.54. The summed E-state index contributed by atoms with van der Waals surface area (Å²) < 4.78 is 70.5. The molecule has 15 heteroatoms. The summed E-state index contributed by atoms with van der Waals surface area (Å²) in [6, 6.07) is 12.0. The standard InChI is InChI=1S/C32H45N5O8S2/c1-23-18-37(24(2)21-38)32(39)28-17-26(34-46(40,41)31-20-35(4)22-33-31)14-15-29(28)45-25(3)11-9-10-16-44-30(23)19-36(5)47(42,43)27-12-7-6-8-13-27/h6-8,12-15,17,20,22-25,30,34,38H,9-11,16,18-19,21H2,1-5H3/t23-,24+,25-,30-/m0/s1. The molecule has 1 aliphatic heterocycles. The molecule has 47 heavy (non-hydrogen) atoms. The van der Waals surface area contributed by atoms with E-state index in [-0.39, 0.29) is 58.6 Å². The Bertz CT molecular complexity index is 1720. The summed E-state index contributed by atoms with van der Waals surface area (Å²) in [7, 11) is -4.69. The summed E-state index contributed by atoms with van der Waals surface area (Å²) in [5, 5.41) is 10.0. The minimum Gasteiger partial charge on any atom is -0.490 e. The number of aliphatic hydroxyl groups excluding tert-OH is 1. The van der Waals surface area contributed by atoms with Crippen molar-refractivity contribution in [1.82, 2.24) is 18.8 Å². The lowest BCUT2D eigenvalue weighted by Gasteiger charge is -2.35. The summed E-state index contributed by atoms with van der Waals surface area (Å²) in [4.78, 5) is 19.9. The number of carbonyl (C=O) groups is 1. The lowest BCUT2D eigenvalue weighted by Crippen LogP contribution is -2.48. The van der Waals surface area contributed by atoms with Crippen molar-refractivity contribution in [2.45, 2.75) is 68.2 Å². The predicted molar refractivity (Wildman–Crippen MR) is 177 cm³/mol. The highest BCUT2D eigenvalue weighted by molar-refractivity contribution is 7.92. The van der Waals surface area contributed by atoms with Gasteiger partial charge >= 0.3 is 0 Å². The Kier molecular flexibility index (Phi) is 12.1. The van der Waals surface area contributed by atoms with E-state index in [4.69, 9.17) is 9.47 Å². The molecule has 1 aliphatic rings. The summed E-state index contributed by atoms with van der Waals surface area (Å²) in [6.07, 6.45) is 4.02. The van der Waals surface area contributed by atoms with Crippen molar-refractivity contribution in [3.05, 3.63) is 66.6 Å². The van der Waals surface area contributed by atoms with Crippen molar-refractivity contribution >= 4 is 31.6 Å². The number of imidazole rings is 1. The minimum atomic E-state index is -4.05. The number of likely N-dealkylation sites (N-methyl/N-ethyl adjacent to an activating group) is 1. The first kappa shape index (κ1) is 36.3. The maximum absolute atomic E-state index is 14.3. The molecular weight excluding hydrogens is 647 g/mol. The number of hydrogen-bond donors (Lipinski definition) is 2. The number of benzene rings is 2. The molecule has 0 radical (unpaired) electrons. The van der Waals surface area contributed by atoms with Crippen LogP contribution in [0, 0.1) is 5.92 Å². The largest absolute Gasteiger partial charge is 0.490 e. The van der Waals surface area contributed by atoms with E-state index < -0.39 is 38.1 Å². The Morgan fingerprint density at radius 3 is 2.49 bits per heavy atom. The van der Waals surface area contributed by atoms with Crippen LogP contribution in [0.25, 0.3) is 0 Å². The molecule has 4 rings (SSSR count). The second-order valence-electron chi connectivity index (χ2n) is 12.1. The lowest BCUT2D eigenvalue weighted by molar-refractivity contribution is -0.00833. The quantitative estimate of drug-likeness (QED) is 0.343. The number of carbonyl (C=O) groups excluding carboxylic acids is 1. The monoisotopic (exact) mass is 691 g/mol. The van der Waals surface area contributed by atoms with Gasteiger partial charge in [0.05, 0.1) is 41.6 Å². The molecular formula is C32H45N5O8S2. The number of aliphatic hydroxyl groups is 1. The van der Waals surface area contributed by atoms with Crippen LogP contribution in [0.1, 0.15) is 50.4 Å². The molecule has 2 aromatic carbocycles. The molecule has 0 aliphatic carbocycles. The average Bonchev–Trinajstić information content (AvgIpc) is 3.49. The fourth-order valence-electron chi connectivity index (χ4n) is 5.31. The Morgan fingerprint density at radius 2 is 1.83 bits per heavy atom. The van der Waals surface area contributed by atoms with E-state index >= 15 is 0 Å². The number of amides is 1. The second-order valence-corrected chi connectivity index (χ2v) is 15.8. The number of fused-ring (bicyclic) bond motifs is 1. The molecule has 0 saturated heterocycles. The first-order chi connectivity index (χ1) is 22.2. The van der Waals surface area contributed by atoms with Crippen molar-refractivity contribution in [3.8, 4) is 5.75 Å². The van der Waals surface area contributed by atoms with Crippen LogP contribution in [0.2, 0.25) is 0 Å². The van der Waals surface area contributed by atoms with Gasteiger partial charge in [-0.2, -0.15) is 12.7 Å². The van der Waals surface area contributed by atoms with Crippen LogP contribution in [-0.2, 0) is 31.8 Å². The SMILES string of the molecule is C[C@H](CO)N1C[C@H](C)[C@H](CN(C)S(=O)(=O)c2ccccc2)OCCCC[C@H](C)Oc2ccc(NS(=O)(=O)c3cn(C)cn3)cc2C1=O. The van der Waals surface area contributed by atoms with Crippen molar-refractivity contribution in [3.63, 3.8) is 0 Å². The Labute approximate surface area is 277 Å². The first-order valence-electron chi connectivity index (χ1n) is 15.6.